The Labute approximate surface area is 179 Å². The number of rotatable bonds is 4. The topological polar surface area (TPSA) is 97.8 Å². The molecule has 2 aliphatic heterocycles. The highest BCUT2D eigenvalue weighted by atomic mass is 32.2. The summed E-state index contributed by atoms with van der Waals surface area (Å²) >= 11 is 0. The van der Waals surface area contributed by atoms with E-state index >= 15 is 0 Å². The maximum atomic E-state index is 13.4. The number of carbonyl (C=O) groups is 1. The Morgan fingerprint density at radius 1 is 1.03 bits per heavy atom. The predicted molar refractivity (Wildman–Crippen MR) is 113 cm³/mol. The first kappa shape index (κ1) is 19.5. The molecule has 1 fully saturated rings. The van der Waals surface area contributed by atoms with Crippen molar-refractivity contribution in [3.8, 4) is 23.0 Å². The summed E-state index contributed by atoms with van der Waals surface area (Å²) in [5.74, 6) is 0.661. The number of carbonyl (C=O) groups excluding carboxylic acids is 1. The van der Waals surface area contributed by atoms with Crippen molar-refractivity contribution in [2.24, 2.45) is 0 Å². The summed E-state index contributed by atoms with van der Waals surface area (Å²) in [6, 6.07) is 13.1. The summed E-state index contributed by atoms with van der Waals surface area (Å²) in [7, 11) is -3.87. The highest BCUT2D eigenvalue weighted by Crippen LogP contribution is 2.42. The molecular weight excluding hydrogens is 418 g/mol. The van der Waals surface area contributed by atoms with Crippen LogP contribution in [0, 0.1) is 0 Å². The SMILES string of the molecule is O=C1Nc2ccccc2Oc2cc(Oc3cccnc3)c(S(=O)(=O)N3CCCC3)cc21. The van der Waals surface area contributed by atoms with Crippen molar-refractivity contribution >= 4 is 21.6 Å². The number of hydrogen-bond acceptors (Lipinski definition) is 6. The lowest BCUT2D eigenvalue weighted by Crippen LogP contribution is -2.28. The van der Waals surface area contributed by atoms with E-state index in [1.165, 1.54) is 22.6 Å². The second-order valence-electron chi connectivity index (χ2n) is 7.25. The minimum absolute atomic E-state index is 0.0748. The molecule has 1 saturated heterocycles. The molecule has 0 unspecified atom stereocenters. The van der Waals surface area contributed by atoms with Crippen LogP contribution in [0.1, 0.15) is 23.2 Å². The van der Waals surface area contributed by atoms with E-state index in [1.54, 1.807) is 42.6 Å². The van der Waals surface area contributed by atoms with Gasteiger partial charge in [-0.3, -0.25) is 9.78 Å². The lowest BCUT2D eigenvalue weighted by atomic mass is 10.1. The molecule has 1 N–H and O–H groups in total. The molecule has 3 aromatic rings. The molecule has 0 spiro atoms. The first-order valence-corrected chi connectivity index (χ1v) is 11.3. The molecule has 5 rings (SSSR count). The number of hydrogen-bond donors (Lipinski definition) is 1. The molecule has 0 aliphatic carbocycles. The number of ether oxygens (including phenoxy) is 2. The van der Waals surface area contributed by atoms with Crippen LogP contribution in [0.5, 0.6) is 23.0 Å². The van der Waals surface area contributed by atoms with Crippen molar-refractivity contribution in [2.75, 3.05) is 18.4 Å². The van der Waals surface area contributed by atoms with Crippen molar-refractivity contribution < 1.29 is 22.7 Å². The Morgan fingerprint density at radius 3 is 2.61 bits per heavy atom. The standard InChI is InChI=1S/C22H19N3O5S/c26-22-16-12-21(31(27,28)25-10-3-4-11-25)20(29-15-6-5-9-23-14-15)13-19(16)30-18-8-2-1-7-17(18)24-22/h1-2,5-9,12-14H,3-4,10-11H2,(H,24,26). The third-order valence-corrected chi connectivity index (χ3v) is 7.11. The van der Waals surface area contributed by atoms with Gasteiger partial charge in [-0.05, 0) is 43.2 Å². The number of sulfonamides is 1. The van der Waals surface area contributed by atoms with E-state index in [4.69, 9.17) is 9.47 Å². The van der Waals surface area contributed by atoms with E-state index < -0.39 is 15.9 Å². The van der Waals surface area contributed by atoms with Crippen LogP contribution >= 0.6 is 0 Å². The smallest absolute Gasteiger partial charge is 0.259 e. The molecule has 2 aliphatic rings. The molecule has 1 amide bonds. The van der Waals surface area contributed by atoms with Gasteiger partial charge < -0.3 is 14.8 Å². The monoisotopic (exact) mass is 437 g/mol. The van der Waals surface area contributed by atoms with Gasteiger partial charge in [-0.25, -0.2) is 8.42 Å². The van der Waals surface area contributed by atoms with Crippen LogP contribution in [0.2, 0.25) is 0 Å². The molecule has 0 bridgehead atoms. The first-order chi connectivity index (χ1) is 15.0. The van der Waals surface area contributed by atoms with Gasteiger partial charge >= 0.3 is 0 Å². The number of pyridine rings is 1. The van der Waals surface area contributed by atoms with Gasteiger partial charge in [-0.1, -0.05) is 12.1 Å². The van der Waals surface area contributed by atoms with E-state index in [0.717, 1.165) is 12.8 Å². The van der Waals surface area contributed by atoms with Gasteiger partial charge in [0.2, 0.25) is 10.0 Å². The molecule has 31 heavy (non-hydrogen) atoms. The number of fused-ring (bicyclic) bond motifs is 2. The fourth-order valence-electron chi connectivity index (χ4n) is 3.65. The van der Waals surface area contributed by atoms with Gasteiger partial charge in [-0.15, -0.1) is 0 Å². The minimum atomic E-state index is -3.87. The zero-order chi connectivity index (χ0) is 21.4. The molecule has 0 radical (unpaired) electrons. The number of amides is 1. The minimum Gasteiger partial charge on any atom is -0.454 e. The Kier molecular flexibility index (Phi) is 4.84. The number of para-hydroxylation sites is 2. The van der Waals surface area contributed by atoms with Crippen LogP contribution in [-0.4, -0.2) is 36.7 Å². The zero-order valence-electron chi connectivity index (χ0n) is 16.4. The predicted octanol–water partition coefficient (Wildman–Crippen LogP) is 4.02. The third kappa shape index (κ3) is 3.62. The highest BCUT2D eigenvalue weighted by molar-refractivity contribution is 7.89. The lowest BCUT2D eigenvalue weighted by Gasteiger charge is -2.20. The van der Waals surface area contributed by atoms with Crippen LogP contribution in [0.15, 0.2) is 65.8 Å². The summed E-state index contributed by atoms with van der Waals surface area (Å²) in [4.78, 5) is 16.8. The maximum absolute atomic E-state index is 13.4. The third-order valence-electron chi connectivity index (χ3n) is 5.19. The summed E-state index contributed by atoms with van der Waals surface area (Å²) in [6.07, 6.45) is 4.67. The van der Waals surface area contributed by atoms with Crippen LogP contribution in [0.25, 0.3) is 0 Å². The lowest BCUT2D eigenvalue weighted by molar-refractivity contribution is 0.102. The zero-order valence-corrected chi connectivity index (χ0v) is 17.3. The average molecular weight is 437 g/mol. The first-order valence-electron chi connectivity index (χ1n) is 9.87. The average Bonchev–Trinajstić information content (AvgIpc) is 3.27. The van der Waals surface area contributed by atoms with E-state index in [-0.39, 0.29) is 22.0 Å². The molecule has 3 heterocycles. The normalized spacial score (nSPS) is 15.9. The van der Waals surface area contributed by atoms with Crippen molar-refractivity contribution in [3.05, 3.63) is 66.5 Å². The number of nitrogens with one attached hydrogen (secondary N) is 1. The van der Waals surface area contributed by atoms with E-state index in [9.17, 15) is 13.2 Å². The van der Waals surface area contributed by atoms with E-state index in [0.29, 0.717) is 30.3 Å². The number of aromatic nitrogens is 1. The molecule has 158 valence electrons. The van der Waals surface area contributed by atoms with Crippen LogP contribution in [-0.2, 0) is 10.0 Å². The van der Waals surface area contributed by atoms with E-state index in [2.05, 4.69) is 10.3 Å². The van der Waals surface area contributed by atoms with Crippen molar-refractivity contribution in [1.82, 2.24) is 9.29 Å². The van der Waals surface area contributed by atoms with E-state index in [1.807, 2.05) is 0 Å². The Morgan fingerprint density at radius 2 is 1.84 bits per heavy atom. The van der Waals surface area contributed by atoms with Gasteiger partial charge in [0.15, 0.2) is 11.5 Å². The maximum Gasteiger partial charge on any atom is 0.259 e. The summed E-state index contributed by atoms with van der Waals surface area (Å²) in [5.41, 5.74) is 0.620. The Balaban J connectivity index is 1.67. The summed E-state index contributed by atoms with van der Waals surface area (Å²) < 4.78 is 40.1. The second kappa shape index (κ2) is 7.68. The van der Waals surface area contributed by atoms with Crippen molar-refractivity contribution in [1.29, 1.82) is 0 Å². The largest absolute Gasteiger partial charge is 0.454 e. The Hall–Kier alpha value is -3.43. The molecule has 9 heteroatoms. The number of benzene rings is 2. The fraction of sp³-hybridized carbons (Fsp3) is 0.182. The molecular formula is C22H19N3O5S. The summed E-state index contributed by atoms with van der Waals surface area (Å²) in [6.45, 7) is 0.861. The molecule has 8 nitrogen and oxygen atoms in total. The van der Waals surface area contributed by atoms with Gasteiger partial charge in [0.1, 0.15) is 16.4 Å². The highest BCUT2D eigenvalue weighted by Gasteiger charge is 2.33. The van der Waals surface area contributed by atoms with Crippen LogP contribution < -0.4 is 14.8 Å². The number of nitrogens with zero attached hydrogens (tertiary/aromatic N) is 2. The van der Waals surface area contributed by atoms with Crippen molar-refractivity contribution in [3.63, 3.8) is 0 Å². The molecule has 0 saturated carbocycles. The quantitative estimate of drug-likeness (QED) is 0.662. The fourth-order valence-corrected chi connectivity index (χ4v) is 5.29. The molecule has 1 aromatic heterocycles. The molecule has 2 aromatic carbocycles. The van der Waals surface area contributed by atoms with Crippen LogP contribution in [0.4, 0.5) is 5.69 Å². The summed E-state index contributed by atoms with van der Waals surface area (Å²) in [5, 5.41) is 2.77. The van der Waals surface area contributed by atoms with Gasteiger partial charge in [-0.2, -0.15) is 4.31 Å². The van der Waals surface area contributed by atoms with Gasteiger partial charge in [0, 0.05) is 25.4 Å². The Bertz CT molecular complexity index is 1260. The van der Waals surface area contributed by atoms with Gasteiger partial charge in [0.25, 0.3) is 5.91 Å². The van der Waals surface area contributed by atoms with Crippen LogP contribution in [0.3, 0.4) is 0 Å². The molecule has 0 atom stereocenters. The van der Waals surface area contributed by atoms with Gasteiger partial charge in [0.05, 0.1) is 17.4 Å². The van der Waals surface area contributed by atoms with Crippen molar-refractivity contribution in [2.45, 2.75) is 17.7 Å². The second-order valence-corrected chi connectivity index (χ2v) is 9.16. The number of anilines is 1.